The van der Waals surface area contributed by atoms with Crippen molar-refractivity contribution in [2.75, 3.05) is 0 Å². The highest BCUT2D eigenvalue weighted by Crippen LogP contribution is 2.08. The van der Waals surface area contributed by atoms with Crippen LogP contribution in [0.2, 0.25) is 0 Å². The fraction of sp³-hybridized carbons (Fsp3) is 0.211. The highest BCUT2D eigenvalue weighted by Gasteiger charge is 2.18. The molecule has 3 rings (SSSR count). The van der Waals surface area contributed by atoms with Gasteiger partial charge >= 0.3 is 11.7 Å². The first-order chi connectivity index (χ1) is 13.3. The molecule has 144 valence electrons. The van der Waals surface area contributed by atoms with Gasteiger partial charge in [-0.2, -0.15) is 5.10 Å². The molecule has 0 spiro atoms. The van der Waals surface area contributed by atoms with Gasteiger partial charge in [0, 0.05) is 31.9 Å². The van der Waals surface area contributed by atoms with Gasteiger partial charge < -0.3 is 4.74 Å². The Hall–Kier alpha value is -3.75. The van der Waals surface area contributed by atoms with Gasteiger partial charge in [-0.3, -0.25) is 18.7 Å². The Kier molecular flexibility index (Phi) is 5.08. The molecule has 0 aliphatic heterocycles. The first-order valence-electron chi connectivity index (χ1n) is 8.39. The number of carbonyl (C=O) groups excluding carboxylic acids is 1. The van der Waals surface area contributed by atoms with E-state index in [2.05, 4.69) is 5.10 Å². The molecule has 2 aromatic heterocycles. The largest absolute Gasteiger partial charge is 0.454 e. The first-order valence-corrected chi connectivity index (χ1v) is 8.39. The van der Waals surface area contributed by atoms with Crippen LogP contribution in [0.1, 0.15) is 21.9 Å². The number of hydrogen-bond donors (Lipinski definition) is 0. The van der Waals surface area contributed by atoms with Crippen LogP contribution in [0.3, 0.4) is 0 Å². The Morgan fingerprint density at radius 2 is 1.71 bits per heavy atom. The van der Waals surface area contributed by atoms with Crippen molar-refractivity contribution in [1.82, 2.24) is 18.9 Å². The Balaban J connectivity index is 1.91. The normalized spacial score (nSPS) is 10.7. The number of para-hydroxylation sites is 1. The zero-order chi connectivity index (χ0) is 20.4. The van der Waals surface area contributed by atoms with Crippen LogP contribution in [0, 0.1) is 6.92 Å². The van der Waals surface area contributed by atoms with Gasteiger partial charge in [0.05, 0.1) is 11.4 Å². The molecular formula is C19H18N4O5. The number of aryl methyl sites for hydroxylation is 1. The van der Waals surface area contributed by atoms with E-state index in [9.17, 15) is 19.2 Å². The van der Waals surface area contributed by atoms with E-state index >= 15 is 0 Å². The second-order valence-corrected chi connectivity index (χ2v) is 6.20. The van der Waals surface area contributed by atoms with Gasteiger partial charge in [0.2, 0.25) is 11.1 Å². The summed E-state index contributed by atoms with van der Waals surface area (Å²) >= 11 is 0. The molecule has 0 saturated carbocycles. The standard InChI is InChI=1S/C19H18N4O5/c1-12-9-15(24)17(20-23(12)13-7-5-4-6-8-13)18(26)28-11-14-10-16(25)22(3)19(27)21(14)2/h4-10H,11H2,1-3H3. The van der Waals surface area contributed by atoms with Crippen molar-refractivity contribution in [3.05, 3.63) is 90.6 Å². The molecule has 0 aliphatic rings. The molecule has 0 saturated heterocycles. The fourth-order valence-electron chi connectivity index (χ4n) is 2.64. The number of nitrogens with zero attached hydrogens (tertiary/aromatic N) is 4. The van der Waals surface area contributed by atoms with Gasteiger partial charge in [-0.05, 0) is 19.1 Å². The SMILES string of the molecule is Cc1cc(=O)c(C(=O)OCc2cc(=O)n(C)c(=O)n2C)nn1-c1ccccc1. The summed E-state index contributed by atoms with van der Waals surface area (Å²) in [6, 6.07) is 11.5. The van der Waals surface area contributed by atoms with E-state index in [0.717, 1.165) is 4.57 Å². The lowest BCUT2D eigenvalue weighted by Crippen LogP contribution is -2.38. The molecule has 3 aromatic rings. The third-order valence-corrected chi connectivity index (χ3v) is 4.28. The molecular weight excluding hydrogens is 364 g/mol. The topological polar surface area (TPSA) is 105 Å². The summed E-state index contributed by atoms with van der Waals surface area (Å²) in [4.78, 5) is 48.3. The summed E-state index contributed by atoms with van der Waals surface area (Å²) < 4.78 is 8.73. The number of hydrogen-bond acceptors (Lipinski definition) is 6. The molecule has 9 nitrogen and oxygen atoms in total. The zero-order valence-corrected chi connectivity index (χ0v) is 15.6. The van der Waals surface area contributed by atoms with Crippen molar-refractivity contribution in [2.24, 2.45) is 14.1 Å². The van der Waals surface area contributed by atoms with Crippen molar-refractivity contribution in [2.45, 2.75) is 13.5 Å². The van der Waals surface area contributed by atoms with Crippen LogP contribution in [0.25, 0.3) is 5.69 Å². The monoisotopic (exact) mass is 382 g/mol. The summed E-state index contributed by atoms with van der Waals surface area (Å²) in [5.41, 5.74) is -0.579. The predicted molar refractivity (Wildman–Crippen MR) is 101 cm³/mol. The minimum atomic E-state index is -0.942. The number of rotatable bonds is 4. The molecule has 0 bridgehead atoms. The van der Waals surface area contributed by atoms with Crippen LogP contribution < -0.4 is 16.7 Å². The summed E-state index contributed by atoms with van der Waals surface area (Å²) in [5, 5.41) is 4.12. The van der Waals surface area contributed by atoms with Crippen molar-refractivity contribution in [1.29, 1.82) is 0 Å². The molecule has 9 heteroatoms. The minimum Gasteiger partial charge on any atom is -0.454 e. The van der Waals surface area contributed by atoms with E-state index in [-0.39, 0.29) is 18.0 Å². The lowest BCUT2D eigenvalue weighted by atomic mass is 10.3. The van der Waals surface area contributed by atoms with Crippen molar-refractivity contribution in [3.8, 4) is 5.69 Å². The van der Waals surface area contributed by atoms with Gasteiger partial charge in [0.25, 0.3) is 5.56 Å². The lowest BCUT2D eigenvalue weighted by molar-refractivity contribution is 0.0451. The Morgan fingerprint density at radius 1 is 1.04 bits per heavy atom. The fourth-order valence-corrected chi connectivity index (χ4v) is 2.64. The van der Waals surface area contributed by atoms with Gasteiger partial charge in [-0.1, -0.05) is 18.2 Å². The van der Waals surface area contributed by atoms with E-state index in [0.29, 0.717) is 11.4 Å². The quantitative estimate of drug-likeness (QED) is 0.601. The lowest BCUT2D eigenvalue weighted by Gasteiger charge is -2.12. The predicted octanol–water partition coefficient (Wildman–Crippen LogP) is 0.295. The number of esters is 1. The van der Waals surface area contributed by atoms with E-state index < -0.39 is 22.6 Å². The van der Waals surface area contributed by atoms with Crippen LogP contribution >= 0.6 is 0 Å². The molecule has 0 aliphatic carbocycles. The van der Waals surface area contributed by atoms with Gasteiger partial charge in [0.15, 0.2) is 0 Å². The van der Waals surface area contributed by atoms with Crippen molar-refractivity contribution in [3.63, 3.8) is 0 Å². The van der Waals surface area contributed by atoms with E-state index in [4.69, 9.17) is 4.74 Å². The molecule has 1 aromatic carbocycles. The molecule has 28 heavy (non-hydrogen) atoms. The summed E-state index contributed by atoms with van der Waals surface area (Å²) in [5.74, 6) is -0.942. The van der Waals surface area contributed by atoms with Crippen LogP contribution in [0.4, 0.5) is 0 Å². The zero-order valence-electron chi connectivity index (χ0n) is 15.6. The Morgan fingerprint density at radius 3 is 2.39 bits per heavy atom. The minimum absolute atomic E-state index is 0.206. The maximum Gasteiger partial charge on any atom is 0.363 e. The molecule has 0 radical (unpaired) electrons. The summed E-state index contributed by atoms with van der Waals surface area (Å²) in [6.45, 7) is 1.35. The number of aromatic nitrogens is 4. The molecule has 0 atom stereocenters. The second-order valence-electron chi connectivity index (χ2n) is 6.20. The maximum atomic E-state index is 12.4. The highest BCUT2D eigenvalue weighted by atomic mass is 16.5. The van der Waals surface area contributed by atoms with Crippen LogP contribution in [0.5, 0.6) is 0 Å². The summed E-state index contributed by atoms with van der Waals surface area (Å²) in [7, 11) is 2.81. The average molecular weight is 382 g/mol. The van der Waals surface area contributed by atoms with E-state index in [1.54, 1.807) is 19.1 Å². The molecule has 0 fully saturated rings. The van der Waals surface area contributed by atoms with Crippen molar-refractivity contribution < 1.29 is 9.53 Å². The first kappa shape index (κ1) is 19.0. The number of benzene rings is 1. The molecule has 0 N–H and O–H groups in total. The smallest absolute Gasteiger partial charge is 0.363 e. The van der Waals surface area contributed by atoms with Crippen LogP contribution in [-0.4, -0.2) is 24.9 Å². The Labute approximate surface area is 159 Å². The van der Waals surface area contributed by atoms with Crippen molar-refractivity contribution >= 4 is 5.97 Å². The van der Waals surface area contributed by atoms with Gasteiger partial charge in [-0.25, -0.2) is 14.3 Å². The van der Waals surface area contributed by atoms with Crippen LogP contribution in [-0.2, 0) is 25.4 Å². The number of ether oxygens (including phenoxy) is 1. The Bertz CT molecular complexity index is 1220. The molecule has 0 unspecified atom stereocenters. The third kappa shape index (κ3) is 3.54. The maximum absolute atomic E-state index is 12.4. The van der Waals surface area contributed by atoms with Crippen LogP contribution in [0.15, 0.2) is 56.8 Å². The average Bonchev–Trinajstić information content (AvgIpc) is 2.68. The third-order valence-electron chi connectivity index (χ3n) is 4.28. The van der Waals surface area contributed by atoms with E-state index in [1.165, 1.54) is 35.5 Å². The molecule has 0 amide bonds. The van der Waals surface area contributed by atoms with Gasteiger partial charge in [0.1, 0.15) is 6.61 Å². The number of carbonyl (C=O) groups is 1. The summed E-state index contributed by atoms with van der Waals surface area (Å²) in [6.07, 6.45) is 0. The highest BCUT2D eigenvalue weighted by molar-refractivity contribution is 5.86. The molecule has 2 heterocycles. The second kappa shape index (κ2) is 7.47. The van der Waals surface area contributed by atoms with Gasteiger partial charge in [-0.15, -0.1) is 0 Å². The van der Waals surface area contributed by atoms with E-state index in [1.807, 2.05) is 18.2 Å².